The van der Waals surface area contributed by atoms with Crippen LogP contribution < -0.4 is 4.74 Å². The number of aryl methyl sites for hydroxylation is 1. The molecular weight excluding hydrogens is 232 g/mol. The number of carbonyl (C=O) groups is 1. The van der Waals surface area contributed by atoms with Gasteiger partial charge in [0.15, 0.2) is 0 Å². The number of nitrogens with one attached hydrogen (secondary N) is 1. The van der Waals surface area contributed by atoms with Crippen molar-refractivity contribution in [3.8, 4) is 17.0 Å². The Kier molecular flexibility index (Phi) is 3.32. The van der Waals surface area contributed by atoms with E-state index in [-0.39, 0.29) is 5.69 Å². The standard InChI is InChI=1S/C13H14N2O3/c1-3-8-6-9(4-5-12(8)18-2)10-7-11(13(16)17)15-14-10/h4-7H,3H2,1-2H3,(H,14,15)(H,16,17). The zero-order chi connectivity index (χ0) is 13.1. The van der Waals surface area contributed by atoms with Crippen LogP contribution in [0, 0.1) is 0 Å². The monoisotopic (exact) mass is 246 g/mol. The van der Waals surface area contributed by atoms with Gasteiger partial charge in [0.2, 0.25) is 0 Å². The van der Waals surface area contributed by atoms with Crippen molar-refractivity contribution in [2.75, 3.05) is 7.11 Å². The van der Waals surface area contributed by atoms with Crippen molar-refractivity contribution in [2.45, 2.75) is 13.3 Å². The Hall–Kier alpha value is -2.30. The van der Waals surface area contributed by atoms with Gasteiger partial charge in [-0.3, -0.25) is 5.10 Å². The number of nitrogens with zero attached hydrogens (tertiary/aromatic N) is 1. The zero-order valence-corrected chi connectivity index (χ0v) is 10.2. The molecule has 0 saturated heterocycles. The van der Waals surface area contributed by atoms with E-state index in [1.54, 1.807) is 7.11 Å². The van der Waals surface area contributed by atoms with E-state index >= 15 is 0 Å². The Morgan fingerprint density at radius 2 is 2.22 bits per heavy atom. The van der Waals surface area contributed by atoms with E-state index in [0.29, 0.717) is 5.69 Å². The van der Waals surface area contributed by atoms with E-state index in [1.807, 2.05) is 25.1 Å². The third-order valence-corrected chi connectivity index (χ3v) is 2.77. The van der Waals surface area contributed by atoms with Gasteiger partial charge in [0, 0.05) is 5.56 Å². The lowest BCUT2D eigenvalue weighted by atomic mass is 10.1. The lowest BCUT2D eigenvalue weighted by molar-refractivity contribution is 0.0690. The van der Waals surface area contributed by atoms with Crippen LogP contribution in [-0.2, 0) is 6.42 Å². The molecule has 0 aliphatic rings. The average Bonchev–Trinajstić information content (AvgIpc) is 2.87. The Morgan fingerprint density at radius 1 is 1.44 bits per heavy atom. The maximum Gasteiger partial charge on any atom is 0.353 e. The van der Waals surface area contributed by atoms with Crippen LogP contribution in [0.15, 0.2) is 24.3 Å². The van der Waals surface area contributed by atoms with Crippen LogP contribution in [0.3, 0.4) is 0 Å². The number of carboxylic acid groups (broad SMARTS) is 1. The summed E-state index contributed by atoms with van der Waals surface area (Å²) in [5.41, 5.74) is 2.63. The number of hydrogen-bond donors (Lipinski definition) is 2. The van der Waals surface area contributed by atoms with Gasteiger partial charge < -0.3 is 9.84 Å². The van der Waals surface area contributed by atoms with E-state index in [0.717, 1.165) is 23.3 Å². The molecule has 0 radical (unpaired) electrons. The van der Waals surface area contributed by atoms with E-state index in [9.17, 15) is 4.79 Å². The summed E-state index contributed by atoms with van der Waals surface area (Å²) in [7, 11) is 1.63. The first-order valence-corrected chi connectivity index (χ1v) is 5.61. The van der Waals surface area contributed by atoms with Crippen LogP contribution in [-0.4, -0.2) is 28.4 Å². The van der Waals surface area contributed by atoms with Crippen LogP contribution in [0.4, 0.5) is 0 Å². The number of aromatic carboxylic acids is 1. The Labute approximate surface area is 104 Å². The molecule has 0 aliphatic heterocycles. The maximum atomic E-state index is 10.8. The van der Waals surface area contributed by atoms with Gasteiger partial charge in [0.05, 0.1) is 12.8 Å². The summed E-state index contributed by atoms with van der Waals surface area (Å²) in [5, 5.41) is 15.3. The largest absolute Gasteiger partial charge is 0.496 e. The van der Waals surface area contributed by atoms with Crippen molar-refractivity contribution in [3.05, 3.63) is 35.5 Å². The van der Waals surface area contributed by atoms with Gasteiger partial charge in [0.25, 0.3) is 0 Å². The third kappa shape index (κ3) is 2.20. The maximum absolute atomic E-state index is 10.8. The van der Waals surface area contributed by atoms with Crippen LogP contribution in [0.1, 0.15) is 23.0 Å². The number of benzene rings is 1. The molecule has 0 spiro atoms. The molecule has 1 aromatic carbocycles. The molecule has 5 heteroatoms. The molecule has 5 nitrogen and oxygen atoms in total. The minimum absolute atomic E-state index is 0.0823. The smallest absolute Gasteiger partial charge is 0.353 e. The van der Waals surface area contributed by atoms with Crippen molar-refractivity contribution >= 4 is 5.97 Å². The molecule has 0 fully saturated rings. The summed E-state index contributed by atoms with van der Waals surface area (Å²) in [6, 6.07) is 7.20. The second kappa shape index (κ2) is 4.91. The first kappa shape index (κ1) is 12.2. The van der Waals surface area contributed by atoms with Gasteiger partial charge >= 0.3 is 5.97 Å². The quantitative estimate of drug-likeness (QED) is 0.868. The number of H-pyrrole nitrogens is 1. The topological polar surface area (TPSA) is 75.2 Å². The van der Waals surface area contributed by atoms with Gasteiger partial charge in [-0.1, -0.05) is 6.92 Å². The molecular formula is C13H14N2O3. The Balaban J connectivity index is 2.41. The number of methoxy groups -OCH3 is 1. The van der Waals surface area contributed by atoms with Crippen LogP contribution in [0.5, 0.6) is 5.75 Å². The number of rotatable bonds is 4. The highest BCUT2D eigenvalue weighted by Gasteiger charge is 2.10. The van der Waals surface area contributed by atoms with E-state index < -0.39 is 5.97 Å². The van der Waals surface area contributed by atoms with Crippen molar-refractivity contribution in [2.24, 2.45) is 0 Å². The average molecular weight is 246 g/mol. The SMILES string of the molecule is CCc1cc(-c2cc(C(=O)O)[nH]n2)ccc1OC. The molecule has 1 heterocycles. The van der Waals surface area contributed by atoms with E-state index in [2.05, 4.69) is 10.2 Å². The van der Waals surface area contributed by atoms with E-state index in [1.165, 1.54) is 6.07 Å². The van der Waals surface area contributed by atoms with Crippen molar-refractivity contribution < 1.29 is 14.6 Å². The number of aromatic nitrogens is 2. The van der Waals surface area contributed by atoms with Gasteiger partial charge in [0.1, 0.15) is 11.4 Å². The predicted molar refractivity (Wildman–Crippen MR) is 66.9 cm³/mol. The fourth-order valence-electron chi connectivity index (χ4n) is 1.79. The van der Waals surface area contributed by atoms with E-state index in [4.69, 9.17) is 9.84 Å². The molecule has 2 rings (SSSR count). The Morgan fingerprint density at radius 3 is 2.78 bits per heavy atom. The summed E-state index contributed by atoms with van der Waals surface area (Å²) >= 11 is 0. The van der Waals surface area contributed by atoms with Crippen molar-refractivity contribution in [3.63, 3.8) is 0 Å². The minimum Gasteiger partial charge on any atom is -0.496 e. The molecule has 0 atom stereocenters. The fraction of sp³-hybridized carbons (Fsp3) is 0.231. The number of aromatic amines is 1. The highest BCUT2D eigenvalue weighted by atomic mass is 16.5. The normalized spacial score (nSPS) is 10.3. The Bertz CT molecular complexity index is 575. The summed E-state index contributed by atoms with van der Waals surface area (Å²) in [6.07, 6.45) is 0.840. The minimum atomic E-state index is -1.02. The molecule has 2 aromatic rings. The first-order valence-electron chi connectivity index (χ1n) is 5.61. The molecule has 0 saturated carbocycles. The molecule has 18 heavy (non-hydrogen) atoms. The van der Waals surface area contributed by atoms with Crippen molar-refractivity contribution in [1.29, 1.82) is 0 Å². The highest BCUT2D eigenvalue weighted by Crippen LogP contribution is 2.26. The summed E-state index contributed by atoms with van der Waals surface area (Å²) in [5.74, 6) is -0.187. The van der Waals surface area contributed by atoms with Crippen LogP contribution in [0.25, 0.3) is 11.3 Å². The summed E-state index contributed by atoms with van der Waals surface area (Å²) in [6.45, 7) is 2.04. The lowest BCUT2D eigenvalue weighted by Gasteiger charge is -2.07. The van der Waals surface area contributed by atoms with Crippen LogP contribution in [0.2, 0.25) is 0 Å². The predicted octanol–water partition coefficient (Wildman–Crippen LogP) is 2.35. The molecule has 0 bridgehead atoms. The highest BCUT2D eigenvalue weighted by molar-refractivity contribution is 5.86. The first-order chi connectivity index (χ1) is 8.65. The molecule has 94 valence electrons. The fourth-order valence-corrected chi connectivity index (χ4v) is 1.79. The molecule has 1 aromatic heterocycles. The number of carboxylic acids is 1. The number of hydrogen-bond acceptors (Lipinski definition) is 3. The van der Waals surface area contributed by atoms with Gasteiger partial charge in [-0.2, -0.15) is 5.10 Å². The zero-order valence-electron chi connectivity index (χ0n) is 10.2. The van der Waals surface area contributed by atoms with Gasteiger partial charge in [-0.15, -0.1) is 0 Å². The molecule has 2 N–H and O–H groups in total. The molecule has 0 amide bonds. The third-order valence-electron chi connectivity index (χ3n) is 2.77. The second-order valence-corrected chi connectivity index (χ2v) is 3.85. The van der Waals surface area contributed by atoms with Crippen molar-refractivity contribution in [1.82, 2.24) is 10.2 Å². The van der Waals surface area contributed by atoms with Crippen LogP contribution >= 0.6 is 0 Å². The lowest BCUT2D eigenvalue weighted by Crippen LogP contribution is -1.95. The second-order valence-electron chi connectivity index (χ2n) is 3.85. The molecule has 0 unspecified atom stereocenters. The van der Waals surface area contributed by atoms with Gasteiger partial charge in [-0.05, 0) is 36.2 Å². The molecule has 0 aliphatic carbocycles. The number of ether oxygens (including phenoxy) is 1. The van der Waals surface area contributed by atoms with Gasteiger partial charge in [-0.25, -0.2) is 4.79 Å². The summed E-state index contributed by atoms with van der Waals surface area (Å²) in [4.78, 5) is 10.8. The summed E-state index contributed by atoms with van der Waals surface area (Å²) < 4.78 is 5.25.